The lowest BCUT2D eigenvalue weighted by Gasteiger charge is -2.07. The molecule has 1 unspecified atom stereocenters. The molecule has 7 nitrogen and oxygen atoms in total. The van der Waals surface area contributed by atoms with Gasteiger partial charge in [-0.1, -0.05) is 18.2 Å². The first-order valence-electron chi connectivity index (χ1n) is 6.68. The maximum Gasteiger partial charge on any atom is 0.285 e. The molecule has 0 aliphatic rings. The zero-order valence-corrected chi connectivity index (χ0v) is 13.9. The van der Waals surface area contributed by atoms with Gasteiger partial charge in [-0.05, 0) is 12.1 Å². The monoisotopic (exact) mass is 335 g/mol. The van der Waals surface area contributed by atoms with Gasteiger partial charge in [0.15, 0.2) is 0 Å². The summed E-state index contributed by atoms with van der Waals surface area (Å²) in [6.45, 7) is 0. The highest BCUT2D eigenvalue weighted by atomic mass is 32.2. The summed E-state index contributed by atoms with van der Waals surface area (Å²) in [6, 6.07) is 9.97. The fourth-order valence-corrected chi connectivity index (χ4v) is 2.93. The van der Waals surface area contributed by atoms with Crippen molar-refractivity contribution in [2.24, 2.45) is 4.36 Å². The highest BCUT2D eigenvalue weighted by Crippen LogP contribution is 2.16. The van der Waals surface area contributed by atoms with E-state index < -0.39 is 15.6 Å². The molecule has 1 amide bonds. The van der Waals surface area contributed by atoms with Crippen LogP contribution in [0.1, 0.15) is 16.2 Å². The van der Waals surface area contributed by atoms with E-state index in [1.807, 2.05) is 0 Å². The van der Waals surface area contributed by atoms with Crippen molar-refractivity contribution >= 4 is 15.6 Å². The van der Waals surface area contributed by atoms with Crippen LogP contribution in [0.5, 0.6) is 11.8 Å². The number of aromatic nitrogens is 2. The Kier molecular flexibility index (Phi) is 5.28. The lowest BCUT2D eigenvalue weighted by atomic mass is 10.2. The van der Waals surface area contributed by atoms with Crippen LogP contribution in [-0.2, 0) is 15.5 Å². The molecule has 0 spiro atoms. The van der Waals surface area contributed by atoms with E-state index in [0.29, 0.717) is 5.56 Å². The number of benzene rings is 1. The van der Waals surface area contributed by atoms with Gasteiger partial charge in [0.25, 0.3) is 5.91 Å². The molecule has 1 aromatic carbocycles. The number of methoxy groups -OCH3 is 2. The minimum Gasteiger partial charge on any atom is -0.481 e. The highest BCUT2D eigenvalue weighted by molar-refractivity contribution is 7.92. The molecule has 0 fully saturated rings. The van der Waals surface area contributed by atoms with Crippen LogP contribution in [0.4, 0.5) is 0 Å². The minimum atomic E-state index is -2.84. The largest absolute Gasteiger partial charge is 0.481 e. The topological polar surface area (TPSA) is 90.7 Å². The van der Waals surface area contributed by atoms with Gasteiger partial charge in [-0.25, -0.2) is 4.21 Å². The first-order chi connectivity index (χ1) is 10.9. The fraction of sp³-hybridized carbons (Fsp3) is 0.267. The Morgan fingerprint density at radius 3 is 2.22 bits per heavy atom. The molecular weight excluding hydrogens is 318 g/mol. The molecule has 0 saturated heterocycles. The number of nitrogens with zero attached hydrogens (tertiary/aromatic N) is 3. The second-order valence-corrected chi connectivity index (χ2v) is 7.13. The zero-order chi connectivity index (χ0) is 16.9. The predicted molar refractivity (Wildman–Crippen MR) is 86.1 cm³/mol. The lowest BCUT2D eigenvalue weighted by Crippen LogP contribution is -2.09. The number of ether oxygens (including phenoxy) is 2. The van der Waals surface area contributed by atoms with Gasteiger partial charge in [0.1, 0.15) is 5.82 Å². The first kappa shape index (κ1) is 16.9. The van der Waals surface area contributed by atoms with Crippen molar-refractivity contribution in [1.82, 2.24) is 9.97 Å². The summed E-state index contributed by atoms with van der Waals surface area (Å²) in [6.07, 6.45) is 1.39. The van der Waals surface area contributed by atoms with Crippen molar-refractivity contribution < 1.29 is 18.5 Å². The smallest absolute Gasteiger partial charge is 0.285 e. The van der Waals surface area contributed by atoms with Gasteiger partial charge in [-0.2, -0.15) is 14.3 Å². The molecule has 23 heavy (non-hydrogen) atoms. The third kappa shape index (κ3) is 4.75. The van der Waals surface area contributed by atoms with E-state index in [2.05, 4.69) is 14.3 Å². The number of hydrogen-bond acceptors (Lipinski definition) is 6. The minimum absolute atomic E-state index is 0.0842. The number of hydrogen-bond donors (Lipinski definition) is 0. The van der Waals surface area contributed by atoms with Gasteiger partial charge in [0.2, 0.25) is 11.8 Å². The Bertz CT molecular complexity index is 792. The second-order valence-electron chi connectivity index (χ2n) is 4.74. The van der Waals surface area contributed by atoms with Crippen molar-refractivity contribution in [2.45, 2.75) is 5.75 Å². The molecule has 8 heteroatoms. The molecule has 0 bridgehead atoms. The normalized spacial score (nSPS) is 13.0. The molecule has 122 valence electrons. The van der Waals surface area contributed by atoms with Crippen LogP contribution < -0.4 is 9.47 Å². The van der Waals surface area contributed by atoms with Gasteiger partial charge in [0.05, 0.1) is 35.8 Å². The lowest BCUT2D eigenvalue weighted by molar-refractivity contribution is 0.100. The molecule has 0 radical (unpaired) electrons. The molecular formula is C15H17N3O4S. The summed E-state index contributed by atoms with van der Waals surface area (Å²) in [7, 11) is 0.0703. The summed E-state index contributed by atoms with van der Waals surface area (Å²) in [4.78, 5) is 20.3. The summed E-state index contributed by atoms with van der Waals surface area (Å²) in [5, 5.41) is 0. The molecule has 2 aromatic rings. The van der Waals surface area contributed by atoms with E-state index in [1.165, 1.54) is 26.5 Å². The number of carbonyl (C=O) groups is 1. The average molecular weight is 335 g/mol. The molecule has 1 atom stereocenters. The average Bonchev–Trinajstić information content (AvgIpc) is 2.54. The molecule has 1 aromatic heterocycles. The van der Waals surface area contributed by atoms with Crippen molar-refractivity contribution in [1.29, 1.82) is 0 Å². The van der Waals surface area contributed by atoms with E-state index in [0.717, 1.165) is 0 Å². The van der Waals surface area contributed by atoms with Gasteiger partial charge in [-0.15, -0.1) is 0 Å². The molecule has 0 aliphatic carbocycles. The highest BCUT2D eigenvalue weighted by Gasteiger charge is 2.13. The van der Waals surface area contributed by atoms with E-state index in [1.54, 1.807) is 30.3 Å². The molecule has 0 aliphatic heterocycles. The summed E-state index contributed by atoms with van der Waals surface area (Å²) in [5.41, 5.74) is 0.381. The van der Waals surface area contributed by atoms with Crippen molar-refractivity contribution in [3.8, 4) is 11.8 Å². The van der Waals surface area contributed by atoms with E-state index >= 15 is 0 Å². The molecule has 1 heterocycles. The van der Waals surface area contributed by atoms with Crippen molar-refractivity contribution in [2.75, 3.05) is 20.5 Å². The third-order valence-corrected chi connectivity index (χ3v) is 4.18. The Hall–Kier alpha value is -2.48. The SMILES string of the molecule is COc1cc(OC)nc(CS(C)(=O)=NC(=O)c2ccccc2)n1. The van der Waals surface area contributed by atoms with Crippen LogP contribution in [-0.4, -0.2) is 40.6 Å². The van der Waals surface area contributed by atoms with Crippen molar-refractivity contribution in [3.63, 3.8) is 0 Å². The summed E-state index contributed by atoms with van der Waals surface area (Å²) < 4.78 is 26.5. The zero-order valence-electron chi connectivity index (χ0n) is 13.1. The molecule has 0 N–H and O–H groups in total. The van der Waals surface area contributed by atoms with Gasteiger partial charge in [-0.3, -0.25) is 4.79 Å². The first-order valence-corrected chi connectivity index (χ1v) is 8.78. The maximum atomic E-state index is 12.6. The number of amides is 1. The van der Waals surface area contributed by atoms with E-state index in [-0.39, 0.29) is 23.3 Å². The van der Waals surface area contributed by atoms with Crippen LogP contribution in [0.2, 0.25) is 0 Å². The van der Waals surface area contributed by atoms with Gasteiger partial charge < -0.3 is 9.47 Å². The predicted octanol–water partition coefficient (Wildman–Crippen LogP) is 1.93. The maximum absolute atomic E-state index is 12.6. The van der Waals surface area contributed by atoms with Crippen LogP contribution in [0, 0.1) is 0 Å². The summed E-state index contributed by atoms with van der Waals surface area (Å²) in [5.74, 6) is 0.193. The van der Waals surface area contributed by atoms with Crippen LogP contribution in [0.25, 0.3) is 0 Å². The van der Waals surface area contributed by atoms with Crippen LogP contribution in [0.15, 0.2) is 40.8 Å². The fourth-order valence-electron chi connectivity index (χ4n) is 1.80. The van der Waals surface area contributed by atoms with Gasteiger partial charge >= 0.3 is 0 Å². The molecule has 2 rings (SSSR count). The van der Waals surface area contributed by atoms with E-state index in [4.69, 9.17) is 9.47 Å². The Morgan fingerprint density at radius 2 is 1.70 bits per heavy atom. The number of rotatable bonds is 5. The Balaban J connectivity index is 2.29. The van der Waals surface area contributed by atoms with Crippen LogP contribution >= 0.6 is 0 Å². The van der Waals surface area contributed by atoms with Crippen LogP contribution in [0.3, 0.4) is 0 Å². The Labute approximate surface area is 134 Å². The Morgan fingerprint density at radius 1 is 1.13 bits per heavy atom. The summed E-state index contributed by atoms with van der Waals surface area (Å²) >= 11 is 0. The molecule has 0 saturated carbocycles. The van der Waals surface area contributed by atoms with E-state index in [9.17, 15) is 9.00 Å². The van der Waals surface area contributed by atoms with Crippen molar-refractivity contribution in [3.05, 3.63) is 47.8 Å². The quantitative estimate of drug-likeness (QED) is 0.829. The number of carbonyl (C=O) groups excluding carboxylic acids is 1. The van der Waals surface area contributed by atoms with Gasteiger partial charge in [0, 0.05) is 11.8 Å². The second kappa shape index (κ2) is 7.19. The third-order valence-electron chi connectivity index (χ3n) is 2.84. The standard InChI is InChI=1S/C15H17N3O4S/c1-21-13-9-14(22-2)17-12(16-13)10-23(3,20)18-15(19)11-7-5-4-6-8-11/h4-9H,10H2,1-3H3.